The first-order valence-corrected chi connectivity index (χ1v) is 10.00. The Balaban J connectivity index is 1.72. The molecule has 1 N–H and O–H groups in total. The molecule has 0 unspecified atom stereocenters. The summed E-state index contributed by atoms with van der Waals surface area (Å²) >= 11 is 0. The fraction of sp³-hybridized carbons (Fsp3) is 0.263. The van der Waals surface area contributed by atoms with Crippen molar-refractivity contribution in [1.82, 2.24) is 9.62 Å². The summed E-state index contributed by atoms with van der Waals surface area (Å²) in [5, 5.41) is 11.8. The zero-order valence-corrected chi connectivity index (χ0v) is 15.7. The Morgan fingerprint density at radius 3 is 2.29 bits per heavy atom. The van der Waals surface area contributed by atoms with Gasteiger partial charge in [-0.15, -0.1) is 0 Å². The number of carbonyl (C=O) groups excluding carboxylic acids is 1. The first-order valence-electron chi connectivity index (χ1n) is 8.56. The number of rotatable bonds is 5. The number of morpholine rings is 1. The number of ether oxygens (including phenoxy) is 1. The lowest BCUT2D eigenvalue weighted by Crippen LogP contribution is -2.40. The highest BCUT2D eigenvalue weighted by Gasteiger charge is 2.26. The van der Waals surface area contributed by atoms with Gasteiger partial charge in [-0.05, 0) is 42.0 Å². The van der Waals surface area contributed by atoms with Gasteiger partial charge in [0.15, 0.2) is 0 Å². The summed E-state index contributed by atoms with van der Waals surface area (Å²) in [5.74, 6) is -0.977. The quantitative estimate of drug-likeness (QED) is 0.821. The molecular weight excluding hydrogens is 385 g/mol. The van der Waals surface area contributed by atoms with Crippen molar-refractivity contribution in [3.8, 4) is 6.07 Å². The van der Waals surface area contributed by atoms with Crippen molar-refractivity contribution in [2.24, 2.45) is 0 Å². The molecule has 1 atom stereocenters. The number of hydrogen-bond donors (Lipinski definition) is 1. The van der Waals surface area contributed by atoms with Gasteiger partial charge in [0.05, 0.1) is 24.2 Å². The highest BCUT2D eigenvalue weighted by molar-refractivity contribution is 7.89. The highest BCUT2D eigenvalue weighted by atomic mass is 32.2. The number of amides is 1. The Bertz CT molecular complexity index is 979. The summed E-state index contributed by atoms with van der Waals surface area (Å²) in [5.41, 5.74) is 0.659. The predicted octanol–water partition coefficient (Wildman–Crippen LogP) is 1.84. The maximum absolute atomic E-state index is 13.0. The van der Waals surface area contributed by atoms with Crippen LogP contribution in [0.1, 0.15) is 22.0 Å². The summed E-state index contributed by atoms with van der Waals surface area (Å²) in [6, 6.07) is 11.7. The molecule has 0 saturated carbocycles. The lowest BCUT2D eigenvalue weighted by Gasteiger charge is -2.26. The van der Waals surface area contributed by atoms with Crippen LogP contribution in [0.3, 0.4) is 0 Å². The molecule has 28 heavy (non-hydrogen) atoms. The second kappa shape index (κ2) is 8.48. The van der Waals surface area contributed by atoms with Crippen molar-refractivity contribution < 1.29 is 22.3 Å². The van der Waals surface area contributed by atoms with E-state index in [1.807, 2.05) is 6.07 Å². The van der Waals surface area contributed by atoms with Crippen molar-refractivity contribution in [3.63, 3.8) is 0 Å². The third-order valence-electron chi connectivity index (χ3n) is 4.33. The van der Waals surface area contributed by atoms with E-state index in [1.165, 1.54) is 52.8 Å². The van der Waals surface area contributed by atoms with Gasteiger partial charge < -0.3 is 10.1 Å². The fourth-order valence-electron chi connectivity index (χ4n) is 2.77. The lowest BCUT2D eigenvalue weighted by atomic mass is 10.1. The van der Waals surface area contributed by atoms with E-state index in [4.69, 9.17) is 4.74 Å². The molecule has 1 saturated heterocycles. The van der Waals surface area contributed by atoms with Crippen LogP contribution in [-0.4, -0.2) is 44.9 Å². The van der Waals surface area contributed by atoms with Gasteiger partial charge in [0.1, 0.15) is 11.9 Å². The van der Waals surface area contributed by atoms with Gasteiger partial charge in [0.25, 0.3) is 5.91 Å². The number of hydrogen-bond acceptors (Lipinski definition) is 5. The Morgan fingerprint density at radius 1 is 1.11 bits per heavy atom. The molecule has 0 aromatic heterocycles. The van der Waals surface area contributed by atoms with Gasteiger partial charge in [0.2, 0.25) is 10.0 Å². The van der Waals surface area contributed by atoms with Crippen LogP contribution in [0.4, 0.5) is 4.39 Å². The van der Waals surface area contributed by atoms with Gasteiger partial charge in [-0.2, -0.15) is 9.57 Å². The molecule has 1 aliphatic rings. The van der Waals surface area contributed by atoms with E-state index in [0.29, 0.717) is 18.8 Å². The topological polar surface area (TPSA) is 99.5 Å². The van der Waals surface area contributed by atoms with Crippen LogP contribution >= 0.6 is 0 Å². The highest BCUT2D eigenvalue weighted by Crippen LogP contribution is 2.19. The number of nitriles is 1. The summed E-state index contributed by atoms with van der Waals surface area (Å²) in [4.78, 5) is 12.5. The molecule has 0 spiro atoms. The van der Waals surface area contributed by atoms with Crippen molar-refractivity contribution >= 4 is 15.9 Å². The number of sulfonamides is 1. The number of halogens is 1. The number of carbonyl (C=O) groups is 1. The smallest absolute Gasteiger partial charge is 0.252 e. The monoisotopic (exact) mass is 403 g/mol. The summed E-state index contributed by atoms with van der Waals surface area (Å²) in [7, 11) is -3.65. The van der Waals surface area contributed by atoms with Crippen molar-refractivity contribution in [3.05, 3.63) is 65.5 Å². The van der Waals surface area contributed by atoms with Crippen molar-refractivity contribution in [1.29, 1.82) is 5.26 Å². The first kappa shape index (κ1) is 19.9. The fourth-order valence-corrected chi connectivity index (χ4v) is 4.18. The molecule has 0 radical (unpaired) electrons. The van der Waals surface area contributed by atoms with Crippen LogP contribution in [0.25, 0.3) is 0 Å². The maximum Gasteiger partial charge on any atom is 0.252 e. The molecule has 1 aliphatic heterocycles. The minimum absolute atomic E-state index is 0.0846. The SMILES string of the molecule is N#C[C@@H](NC(=O)c1ccc(S(=O)(=O)N2CCOCC2)cc1)c1ccc(F)cc1. The van der Waals surface area contributed by atoms with E-state index in [2.05, 4.69) is 5.32 Å². The van der Waals surface area contributed by atoms with Gasteiger partial charge in [0, 0.05) is 18.7 Å². The maximum atomic E-state index is 13.0. The van der Waals surface area contributed by atoms with Crippen molar-refractivity contribution in [2.75, 3.05) is 26.3 Å². The molecular formula is C19H18FN3O4S. The summed E-state index contributed by atoms with van der Waals surface area (Å²) < 4.78 is 44.7. The van der Waals surface area contributed by atoms with E-state index < -0.39 is 27.8 Å². The summed E-state index contributed by atoms with van der Waals surface area (Å²) in [6.07, 6.45) is 0. The van der Waals surface area contributed by atoms with Crippen LogP contribution in [-0.2, 0) is 14.8 Å². The Labute approximate surface area is 162 Å². The second-order valence-corrected chi connectivity index (χ2v) is 8.07. The lowest BCUT2D eigenvalue weighted by molar-refractivity contribution is 0.0730. The largest absolute Gasteiger partial charge is 0.379 e. The number of benzene rings is 2. The minimum Gasteiger partial charge on any atom is -0.379 e. The first-order chi connectivity index (χ1) is 13.4. The van der Waals surface area contributed by atoms with E-state index >= 15 is 0 Å². The Kier molecular flexibility index (Phi) is 6.04. The predicted molar refractivity (Wildman–Crippen MR) is 98.2 cm³/mol. The molecule has 146 valence electrons. The average molecular weight is 403 g/mol. The second-order valence-electron chi connectivity index (χ2n) is 6.13. The normalized spacial score (nSPS) is 16.1. The van der Waals surface area contributed by atoms with Crippen LogP contribution in [0, 0.1) is 17.1 Å². The zero-order chi connectivity index (χ0) is 20.1. The third kappa shape index (κ3) is 4.36. The molecule has 0 bridgehead atoms. The molecule has 0 aliphatic carbocycles. The molecule has 9 heteroatoms. The molecule has 1 amide bonds. The van der Waals surface area contributed by atoms with Gasteiger partial charge >= 0.3 is 0 Å². The minimum atomic E-state index is -3.65. The standard InChI is InChI=1S/C19H18FN3O4S/c20-16-5-1-14(2-6-16)18(13-21)22-19(24)15-3-7-17(8-4-15)28(25,26)23-9-11-27-12-10-23/h1-8,18H,9-12H2,(H,22,24)/t18-/m1/s1. The molecule has 7 nitrogen and oxygen atoms in total. The van der Waals surface area contributed by atoms with Crippen LogP contribution in [0.15, 0.2) is 53.4 Å². The Hall–Kier alpha value is -2.80. The van der Waals surface area contributed by atoms with E-state index in [-0.39, 0.29) is 23.5 Å². The van der Waals surface area contributed by atoms with Crippen LogP contribution in [0.2, 0.25) is 0 Å². The average Bonchev–Trinajstić information content (AvgIpc) is 2.73. The summed E-state index contributed by atoms with van der Waals surface area (Å²) in [6.45, 7) is 1.26. The van der Waals surface area contributed by atoms with E-state index in [0.717, 1.165) is 0 Å². The number of nitrogens with one attached hydrogen (secondary N) is 1. The van der Waals surface area contributed by atoms with Crippen molar-refractivity contribution in [2.45, 2.75) is 10.9 Å². The molecule has 2 aromatic rings. The molecule has 1 fully saturated rings. The molecule has 3 rings (SSSR count). The Morgan fingerprint density at radius 2 is 1.71 bits per heavy atom. The molecule has 2 aromatic carbocycles. The third-order valence-corrected chi connectivity index (χ3v) is 6.25. The van der Waals surface area contributed by atoms with Crippen LogP contribution < -0.4 is 5.32 Å². The van der Waals surface area contributed by atoms with Gasteiger partial charge in [-0.25, -0.2) is 12.8 Å². The van der Waals surface area contributed by atoms with Crippen LogP contribution in [0.5, 0.6) is 0 Å². The number of nitrogens with zero attached hydrogens (tertiary/aromatic N) is 2. The molecule has 1 heterocycles. The van der Waals surface area contributed by atoms with Gasteiger partial charge in [-0.1, -0.05) is 12.1 Å². The zero-order valence-electron chi connectivity index (χ0n) is 14.8. The van der Waals surface area contributed by atoms with Gasteiger partial charge in [-0.3, -0.25) is 4.79 Å². The van der Waals surface area contributed by atoms with E-state index in [1.54, 1.807) is 0 Å². The van der Waals surface area contributed by atoms with E-state index in [9.17, 15) is 22.9 Å².